The van der Waals surface area contributed by atoms with E-state index in [0.29, 0.717) is 23.0 Å². The molecule has 0 fully saturated rings. The molecule has 0 saturated heterocycles. The van der Waals surface area contributed by atoms with Crippen LogP contribution in [0.1, 0.15) is 76.3 Å². The molecule has 0 N–H and O–H groups in total. The van der Waals surface area contributed by atoms with Gasteiger partial charge in [-0.15, -0.1) is 0 Å². The van der Waals surface area contributed by atoms with Gasteiger partial charge >= 0.3 is 37.7 Å². The summed E-state index contributed by atoms with van der Waals surface area (Å²) in [5.74, 6) is 2.10. The van der Waals surface area contributed by atoms with Crippen LogP contribution in [-0.4, -0.2) is 63.7 Å². The largest absolute Gasteiger partial charge is 2.00 e. The third kappa shape index (κ3) is 14.7. The van der Waals surface area contributed by atoms with Gasteiger partial charge in [-0.3, -0.25) is 0 Å². The molecule has 0 saturated carbocycles. The van der Waals surface area contributed by atoms with Gasteiger partial charge in [-0.2, -0.15) is 0 Å². The van der Waals surface area contributed by atoms with Crippen molar-refractivity contribution in [3.8, 4) is 23.0 Å². The molecular weight excluding hydrogens is 665 g/mol. The SMILES string of the molecule is CCCCCCc1ccccc1Oc1cccc(S(=O)(=O)[O-])c1.CCCCCCc1ccccc1Oc1cccc(S(=O)(=O)[O-])c1.[Ca+2]. The number of ether oxygens (including phenoxy) is 2. The maximum atomic E-state index is 11.1. The Balaban J connectivity index is 0.000000320. The second-order valence-electron chi connectivity index (χ2n) is 10.9. The van der Waals surface area contributed by atoms with Crippen LogP contribution in [0.3, 0.4) is 0 Å². The molecule has 4 aromatic rings. The van der Waals surface area contributed by atoms with Crippen molar-refractivity contribution in [2.75, 3.05) is 0 Å². The van der Waals surface area contributed by atoms with E-state index in [1.54, 1.807) is 12.1 Å². The average molecular weight is 707 g/mol. The fourth-order valence-electron chi connectivity index (χ4n) is 4.74. The van der Waals surface area contributed by atoms with Gasteiger partial charge in [0.15, 0.2) is 0 Å². The van der Waals surface area contributed by atoms with Gasteiger partial charge < -0.3 is 18.6 Å². The first kappa shape index (κ1) is 40.7. The molecule has 0 amide bonds. The first-order chi connectivity index (χ1) is 22.0. The maximum Gasteiger partial charge on any atom is 2.00 e. The molecular formula is C36H42CaO8S2. The van der Waals surface area contributed by atoms with E-state index in [4.69, 9.17) is 9.47 Å². The topological polar surface area (TPSA) is 133 Å². The first-order valence-corrected chi connectivity index (χ1v) is 18.5. The molecule has 47 heavy (non-hydrogen) atoms. The van der Waals surface area contributed by atoms with Crippen LogP contribution < -0.4 is 9.47 Å². The molecule has 0 aliphatic heterocycles. The zero-order chi connectivity index (χ0) is 33.4. The fraction of sp³-hybridized carbons (Fsp3) is 0.333. The maximum absolute atomic E-state index is 11.1. The average Bonchev–Trinajstić information content (AvgIpc) is 3.03. The molecule has 0 aliphatic carbocycles. The molecule has 0 aliphatic rings. The van der Waals surface area contributed by atoms with Gasteiger partial charge in [-0.1, -0.05) is 101 Å². The van der Waals surface area contributed by atoms with E-state index in [9.17, 15) is 25.9 Å². The van der Waals surface area contributed by atoms with Crippen molar-refractivity contribution in [1.29, 1.82) is 0 Å². The monoisotopic (exact) mass is 706 g/mol. The van der Waals surface area contributed by atoms with Gasteiger partial charge in [0.05, 0.1) is 9.79 Å². The summed E-state index contributed by atoms with van der Waals surface area (Å²) in [4.78, 5) is -0.564. The Labute approximate surface area is 310 Å². The zero-order valence-electron chi connectivity index (χ0n) is 27.1. The Kier molecular flexibility index (Phi) is 18.0. The van der Waals surface area contributed by atoms with Gasteiger partial charge in [0.1, 0.15) is 43.2 Å². The summed E-state index contributed by atoms with van der Waals surface area (Å²) < 4.78 is 78.2. The molecule has 8 nitrogen and oxygen atoms in total. The summed E-state index contributed by atoms with van der Waals surface area (Å²) in [7, 11) is -8.96. The third-order valence-electron chi connectivity index (χ3n) is 7.19. The number of rotatable bonds is 16. The quantitative estimate of drug-likeness (QED) is 0.0643. The Morgan fingerprint density at radius 1 is 0.511 bits per heavy atom. The van der Waals surface area contributed by atoms with Crippen molar-refractivity contribution in [2.24, 2.45) is 0 Å². The smallest absolute Gasteiger partial charge is 0.744 e. The second kappa shape index (κ2) is 20.8. The van der Waals surface area contributed by atoms with E-state index in [2.05, 4.69) is 13.8 Å². The fourth-order valence-corrected chi connectivity index (χ4v) is 5.76. The molecule has 0 aromatic heterocycles. The molecule has 0 unspecified atom stereocenters. The van der Waals surface area contributed by atoms with Crippen LogP contribution >= 0.6 is 0 Å². The van der Waals surface area contributed by atoms with Crippen LogP contribution in [0.2, 0.25) is 0 Å². The summed E-state index contributed by atoms with van der Waals surface area (Å²) in [5, 5.41) is 0. The van der Waals surface area contributed by atoms with Gasteiger partial charge in [-0.25, -0.2) is 16.8 Å². The first-order valence-electron chi connectivity index (χ1n) is 15.6. The molecule has 0 atom stereocenters. The summed E-state index contributed by atoms with van der Waals surface area (Å²) in [6.45, 7) is 4.35. The molecule has 4 aromatic carbocycles. The zero-order valence-corrected chi connectivity index (χ0v) is 30.9. The van der Waals surface area contributed by atoms with Crippen LogP contribution in [0.15, 0.2) is 107 Å². The van der Waals surface area contributed by atoms with Crippen molar-refractivity contribution in [3.05, 3.63) is 108 Å². The standard InChI is InChI=1S/2C18H22O4S.Ca/c2*1-2-3-4-5-9-15-10-6-7-13-18(15)22-16-11-8-12-17(14-16)23(19,20)21;/h2*6-8,10-14H,2-5,9H2,1H3,(H,19,20,21);/q;;+2/p-2. The van der Waals surface area contributed by atoms with E-state index in [-0.39, 0.29) is 47.5 Å². The van der Waals surface area contributed by atoms with Gasteiger partial charge in [0.25, 0.3) is 0 Å². The number of hydrogen-bond acceptors (Lipinski definition) is 8. The van der Waals surface area contributed by atoms with E-state index in [1.165, 1.54) is 74.9 Å². The molecule has 4 rings (SSSR count). The summed E-state index contributed by atoms with van der Waals surface area (Å²) in [5.41, 5.74) is 2.16. The molecule has 0 bridgehead atoms. The van der Waals surface area contributed by atoms with Gasteiger partial charge in [0.2, 0.25) is 0 Å². The normalized spacial score (nSPS) is 11.1. The van der Waals surface area contributed by atoms with Crippen molar-refractivity contribution < 1.29 is 35.4 Å². The molecule has 0 spiro atoms. The van der Waals surface area contributed by atoms with Crippen molar-refractivity contribution >= 4 is 58.0 Å². The Morgan fingerprint density at radius 2 is 0.894 bits per heavy atom. The van der Waals surface area contributed by atoms with Crippen molar-refractivity contribution in [1.82, 2.24) is 0 Å². The summed E-state index contributed by atoms with van der Waals surface area (Å²) in [6.07, 6.45) is 11.2. The van der Waals surface area contributed by atoms with Gasteiger partial charge in [0, 0.05) is 0 Å². The van der Waals surface area contributed by atoms with Crippen molar-refractivity contribution in [3.63, 3.8) is 0 Å². The Bertz CT molecular complexity index is 1610. The molecule has 0 heterocycles. The van der Waals surface area contributed by atoms with Crippen LogP contribution in [0.4, 0.5) is 0 Å². The Morgan fingerprint density at radius 3 is 1.26 bits per heavy atom. The number of unbranched alkanes of at least 4 members (excludes halogenated alkanes) is 6. The predicted octanol–water partition coefficient (Wildman–Crippen LogP) is 8.63. The molecule has 11 heteroatoms. The predicted molar refractivity (Wildman–Crippen MR) is 183 cm³/mol. The van der Waals surface area contributed by atoms with Crippen LogP contribution in [-0.2, 0) is 33.1 Å². The van der Waals surface area contributed by atoms with Gasteiger partial charge in [-0.05, 0) is 85.3 Å². The summed E-state index contributed by atoms with van der Waals surface area (Å²) in [6, 6.07) is 26.7. The van der Waals surface area contributed by atoms with Crippen LogP contribution in [0.5, 0.6) is 23.0 Å². The number of para-hydroxylation sites is 2. The minimum Gasteiger partial charge on any atom is -0.744 e. The van der Waals surface area contributed by atoms with E-state index < -0.39 is 20.2 Å². The number of hydrogen-bond donors (Lipinski definition) is 0. The second-order valence-corrected chi connectivity index (χ2v) is 13.7. The number of aryl methyl sites for hydroxylation is 2. The van der Waals surface area contributed by atoms with Crippen LogP contribution in [0.25, 0.3) is 0 Å². The van der Waals surface area contributed by atoms with E-state index >= 15 is 0 Å². The summed E-state index contributed by atoms with van der Waals surface area (Å²) >= 11 is 0. The minimum absolute atomic E-state index is 0. The number of benzene rings is 4. The van der Waals surface area contributed by atoms with Crippen molar-refractivity contribution in [2.45, 2.75) is 87.8 Å². The van der Waals surface area contributed by atoms with E-state index in [1.807, 2.05) is 48.5 Å². The minimum atomic E-state index is -4.48. The third-order valence-corrected chi connectivity index (χ3v) is 8.85. The van der Waals surface area contributed by atoms with E-state index in [0.717, 1.165) is 36.8 Å². The molecule has 248 valence electrons. The van der Waals surface area contributed by atoms with Crippen LogP contribution in [0, 0.1) is 0 Å². The Hall–Kier alpha value is -2.44. The molecule has 0 radical (unpaired) electrons.